The van der Waals surface area contributed by atoms with Crippen molar-refractivity contribution in [3.05, 3.63) is 59.9 Å². The molecule has 0 saturated heterocycles. The average Bonchev–Trinajstić information content (AvgIpc) is 2.61. The van der Waals surface area contributed by atoms with E-state index in [0.717, 1.165) is 30.5 Å². The van der Waals surface area contributed by atoms with E-state index < -0.39 is 15.8 Å². The molecular weight excluding hydrogens is 355 g/mol. The molecule has 0 aliphatic carbocycles. The van der Waals surface area contributed by atoms with E-state index in [4.69, 9.17) is 0 Å². The van der Waals surface area contributed by atoms with Gasteiger partial charge in [0.1, 0.15) is 5.82 Å². The van der Waals surface area contributed by atoms with Crippen LogP contribution in [0.3, 0.4) is 0 Å². The molecule has 0 heterocycles. The van der Waals surface area contributed by atoms with Gasteiger partial charge in [0, 0.05) is 11.7 Å². The number of nitrogens with one attached hydrogen (secondary N) is 2. The molecule has 0 bridgehead atoms. The second kappa shape index (κ2) is 8.80. The molecule has 2 rings (SSSR count). The van der Waals surface area contributed by atoms with Crippen LogP contribution >= 0.6 is 0 Å². The zero-order chi connectivity index (χ0) is 19.2. The highest BCUT2D eigenvalue weighted by Gasteiger charge is 2.14. The number of sulfonamides is 1. The van der Waals surface area contributed by atoms with Gasteiger partial charge in [-0.05, 0) is 54.8 Å². The van der Waals surface area contributed by atoms with Gasteiger partial charge in [0.25, 0.3) is 10.0 Å². The van der Waals surface area contributed by atoms with E-state index in [1.807, 2.05) is 13.8 Å². The van der Waals surface area contributed by atoms with Gasteiger partial charge in [-0.2, -0.15) is 0 Å². The van der Waals surface area contributed by atoms with Crippen molar-refractivity contribution in [1.29, 1.82) is 0 Å². The number of carbonyl (C=O) groups is 1. The Morgan fingerprint density at radius 1 is 1.00 bits per heavy atom. The van der Waals surface area contributed by atoms with E-state index in [9.17, 15) is 17.6 Å². The Bertz CT molecular complexity index is 830. The Kier molecular flexibility index (Phi) is 6.74. The summed E-state index contributed by atoms with van der Waals surface area (Å²) in [6, 6.07) is 11.4. The first-order chi connectivity index (χ1) is 12.3. The molecular formula is C19H23FN2O3S. The molecule has 2 N–H and O–H groups in total. The summed E-state index contributed by atoms with van der Waals surface area (Å²) in [5, 5.41) is 2.96. The van der Waals surface area contributed by atoms with Gasteiger partial charge in [-0.1, -0.05) is 26.0 Å². The Morgan fingerprint density at radius 2 is 1.58 bits per heavy atom. The molecule has 26 heavy (non-hydrogen) atoms. The Balaban J connectivity index is 2.01. The number of rotatable bonds is 8. The molecule has 0 unspecified atom stereocenters. The molecule has 0 fully saturated rings. The second-order valence-corrected chi connectivity index (χ2v) is 7.70. The van der Waals surface area contributed by atoms with Crippen molar-refractivity contribution in [2.75, 3.05) is 4.72 Å². The minimum absolute atomic E-state index is 0.0208. The van der Waals surface area contributed by atoms with Crippen LogP contribution in [-0.4, -0.2) is 20.4 Å². The van der Waals surface area contributed by atoms with Crippen molar-refractivity contribution in [2.45, 2.75) is 44.0 Å². The lowest BCUT2D eigenvalue weighted by atomic mass is 10.1. The van der Waals surface area contributed by atoms with Gasteiger partial charge in [-0.3, -0.25) is 9.52 Å². The van der Waals surface area contributed by atoms with E-state index >= 15 is 0 Å². The van der Waals surface area contributed by atoms with Gasteiger partial charge < -0.3 is 5.32 Å². The van der Waals surface area contributed by atoms with Gasteiger partial charge in [0.15, 0.2) is 0 Å². The van der Waals surface area contributed by atoms with Gasteiger partial charge in [0.2, 0.25) is 5.91 Å². The van der Waals surface area contributed by atoms with Crippen molar-refractivity contribution in [3.8, 4) is 0 Å². The smallest absolute Gasteiger partial charge is 0.261 e. The third-order valence-electron chi connectivity index (χ3n) is 4.05. The van der Waals surface area contributed by atoms with Crippen LogP contribution in [0.2, 0.25) is 0 Å². The summed E-state index contributed by atoms with van der Waals surface area (Å²) >= 11 is 0. The summed E-state index contributed by atoms with van der Waals surface area (Å²) in [7, 11) is -3.78. The van der Waals surface area contributed by atoms with Crippen LogP contribution in [0, 0.1) is 5.82 Å². The first kappa shape index (κ1) is 19.9. The number of halogens is 1. The van der Waals surface area contributed by atoms with E-state index in [1.54, 1.807) is 24.3 Å². The van der Waals surface area contributed by atoms with Crippen LogP contribution in [0.4, 0.5) is 10.1 Å². The lowest BCUT2D eigenvalue weighted by molar-refractivity contribution is -0.121. The van der Waals surface area contributed by atoms with Gasteiger partial charge in [-0.15, -0.1) is 0 Å². The van der Waals surface area contributed by atoms with E-state index in [-0.39, 0.29) is 23.3 Å². The van der Waals surface area contributed by atoms with Crippen LogP contribution in [0.5, 0.6) is 0 Å². The Morgan fingerprint density at radius 3 is 2.12 bits per heavy atom. The first-order valence-electron chi connectivity index (χ1n) is 8.50. The van der Waals surface area contributed by atoms with Crippen LogP contribution in [-0.2, 0) is 21.2 Å². The molecule has 5 nitrogen and oxygen atoms in total. The molecule has 0 radical (unpaired) electrons. The zero-order valence-corrected chi connectivity index (χ0v) is 15.6. The molecule has 2 aromatic carbocycles. The monoisotopic (exact) mass is 378 g/mol. The van der Waals surface area contributed by atoms with Crippen molar-refractivity contribution >= 4 is 21.6 Å². The topological polar surface area (TPSA) is 75.3 Å². The highest BCUT2D eigenvalue weighted by molar-refractivity contribution is 7.92. The number of carbonyl (C=O) groups excluding carboxylic acids is 1. The normalized spacial score (nSPS) is 11.4. The van der Waals surface area contributed by atoms with Gasteiger partial charge >= 0.3 is 0 Å². The van der Waals surface area contributed by atoms with Crippen LogP contribution in [0.15, 0.2) is 53.4 Å². The number of amides is 1. The molecule has 0 spiro atoms. The minimum Gasteiger partial charge on any atom is -0.353 e. The Labute approximate surface area is 153 Å². The fourth-order valence-corrected chi connectivity index (χ4v) is 3.53. The molecule has 2 aromatic rings. The highest BCUT2D eigenvalue weighted by Crippen LogP contribution is 2.17. The van der Waals surface area contributed by atoms with Crippen LogP contribution < -0.4 is 10.0 Å². The van der Waals surface area contributed by atoms with Crippen LogP contribution in [0.25, 0.3) is 0 Å². The summed E-state index contributed by atoms with van der Waals surface area (Å²) in [6.45, 7) is 4.05. The molecule has 0 aliphatic heterocycles. The highest BCUT2D eigenvalue weighted by atomic mass is 32.2. The third kappa shape index (κ3) is 5.56. The zero-order valence-electron chi connectivity index (χ0n) is 14.8. The number of benzene rings is 2. The predicted molar refractivity (Wildman–Crippen MR) is 99.9 cm³/mol. The standard InChI is InChI=1S/C19H23FN2O3S/c1-3-16(4-2)21-19(23)13-14-5-9-17(10-6-14)22-26(24,25)18-11-7-15(20)8-12-18/h5-12,16,22H,3-4,13H2,1-2H3,(H,21,23). The second-order valence-electron chi connectivity index (χ2n) is 6.01. The quantitative estimate of drug-likeness (QED) is 0.738. The number of anilines is 1. The molecule has 7 heteroatoms. The predicted octanol–water partition coefficient (Wildman–Crippen LogP) is 3.47. The molecule has 0 aromatic heterocycles. The summed E-state index contributed by atoms with van der Waals surface area (Å²) in [5.74, 6) is -0.557. The summed E-state index contributed by atoms with van der Waals surface area (Å²) in [5.41, 5.74) is 1.16. The number of hydrogen-bond acceptors (Lipinski definition) is 3. The van der Waals surface area contributed by atoms with E-state index in [2.05, 4.69) is 10.0 Å². The molecule has 140 valence electrons. The molecule has 1 amide bonds. The van der Waals surface area contributed by atoms with E-state index in [1.165, 1.54) is 12.1 Å². The number of hydrogen-bond donors (Lipinski definition) is 2. The molecule has 0 aliphatic rings. The van der Waals surface area contributed by atoms with Gasteiger partial charge in [-0.25, -0.2) is 12.8 Å². The molecule has 0 atom stereocenters. The lowest BCUT2D eigenvalue weighted by Gasteiger charge is -2.14. The summed E-state index contributed by atoms with van der Waals surface area (Å²) in [6.07, 6.45) is 2.00. The van der Waals surface area contributed by atoms with Crippen molar-refractivity contribution < 1.29 is 17.6 Å². The summed E-state index contributed by atoms with van der Waals surface area (Å²) in [4.78, 5) is 12.0. The van der Waals surface area contributed by atoms with Gasteiger partial charge in [0.05, 0.1) is 11.3 Å². The minimum atomic E-state index is -3.78. The first-order valence-corrected chi connectivity index (χ1v) is 9.99. The SMILES string of the molecule is CCC(CC)NC(=O)Cc1ccc(NS(=O)(=O)c2ccc(F)cc2)cc1. The Hall–Kier alpha value is -2.41. The maximum Gasteiger partial charge on any atom is 0.261 e. The van der Waals surface area contributed by atoms with Crippen molar-refractivity contribution in [1.82, 2.24) is 5.32 Å². The van der Waals surface area contributed by atoms with Crippen molar-refractivity contribution in [3.63, 3.8) is 0 Å². The van der Waals surface area contributed by atoms with Crippen LogP contribution in [0.1, 0.15) is 32.3 Å². The van der Waals surface area contributed by atoms with E-state index in [0.29, 0.717) is 5.69 Å². The fourth-order valence-electron chi connectivity index (χ4n) is 2.48. The summed E-state index contributed by atoms with van der Waals surface area (Å²) < 4.78 is 39.9. The van der Waals surface area contributed by atoms with Crippen molar-refractivity contribution in [2.24, 2.45) is 0 Å². The third-order valence-corrected chi connectivity index (χ3v) is 5.44. The molecule has 0 saturated carbocycles. The maximum atomic E-state index is 12.9. The lowest BCUT2D eigenvalue weighted by Crippen LogP contribution is -2.34. The average molecular weight is 378 g/mol. The fraction of sp³-hybridized carbons (Fsp3) is 0.316. The largest absolute Gasteiger partial charge is 0.353 e. The maximum absolute atomic E-state index is 12.9.